The lowest BCUT2D eigenvalue weighted by atomic mass is 10.1. The molecule has 5 rings (SSSR count). The summed E-state index contributed by atoms with van der Waals surface area (Å²) in [6.07, 6.45) is 1.42. The summed E-state index contributed by atoms with van der Waals surface area (Å²) in [7, 11) is -3.87. The number of benzene rings is 2. The molecule has 0 radical (unpaired) electrons. The van der Waals surface area contributed by atoms with Crippen molar-refractivity contribution >= 4 is 37.5 Å². The summed E-state index contributed by atoms with van der Waals surface area (Å²) in [6.45, 7) is 0.314. The first-order chi connectivity index (χ1) is 14.8. The Morgan fingerprint density at radius 1 is 1.19 bits per heavy atom. The molecule has 8 nitrogen and oxygen atoms in total. The third kappa shape index (κ3) is 3.40. The van der Waals surface area contributed by atoms with Crippen LogP contribution in [0.25, 0.3) is 10.2 Å². The van der Waals surface area contributed by atoms with Crippen LogP contribution >= 0.6 is 11.3 Å². The van der Waals surface area contributed by atoms with Gasteiger partial charge in [-0.3, -0.25) is 4.79 Å². The number of fused-ring (bicyclic) bond motifs is 2. The summed E-state index contributed by atoms with van der Waals surface area (Å²) >= 11 is 1.36. The van der Waals surface area contributed by atoms with E-state index < -0.39 is 21.9 Å². The second-order valence-corrected chi connectivity index (χ2v) is 9.87. The fourth-order valence-corrected chi connectivity index (χ4v) is 5.54. The molecule has 0 bridgehead atoms. The highest BCUT2D eigenvalue weighted by molar-refractivity contribution is 7.89. The van der Waals surface area contributed by atoms with Gasteiger partial charge in [0.15, 0.2) is 0 Å². The number of carbonyl (C=O) groups is 1. The van der Waals surface area contributed by atoms with Crippen LogP contribution in [0.2, 0.25) is 0 Å². The molecular weight excluding hydrogens is 441 g/mol. The van der Waals surface area contributed by atoms with Crippen molar-refractivity contribution in [3.05, 3.63) is 76.8 Å². The molecule has 0 aliphatic carbocycles. The van der Waals surface area contributed by atoms with Gasteiger partial charge < -0.3 is 10.6 Å². The summed E-state index contributed by atoms with van der Waals surface area (Å²) in [5.74, 6) is -0.850. The molecule has 0 saturated carbocycles. The molecule has 0 spiro atoms. The summed E-state index contributed by atoms with van der Waals surface area (Å²) < 4.78 is 41.1. The largest absolute Gasteiger partial charge is 0.331 e. The molecule has 0 fully saturated rings. The maximum atomic E-state index is 13.4. The Morgan fingerprint density at radius 2 is 2.03 bits per heavy atom. The lowest BCUT2D eigenvalue weighted by molar-refractivity contribution is -0.133. The standard InChI is InChI=1S/C20H16FN5O3S2/c21-14-3-1-2-12(6-14)19(22)20(27)25-8-13-9-26(24-17(13)10-25)31(28,29)15-4-5-16-18(7-15)30-11-23-16/h1-7,9,11,19H,8,10,22H2. The molecule has 1 amide bonds. The second-order valence-electron chi connectivity index (χ2n) is 7.19. The van der Waals surface area contributed by atoms with E-state index in [0.717, 1.165) is 14.3 Å². The van der Waals surface area contributed by atoms with Gasteiger partial charge in [-0.05, 0) is 35.9 Å². The Labute approximate surface area is 180 Å². The van der Waals surface area contributed by atoms with Gasteiger partial charge in [0, 0.05) is 18.3 Å². The van der Waals surface area contributed by atoms with Gasteiger partial charge in [-0.15, -0.1) is 11.3 Å². The molecule has 11 heteroatoms. The van der Waals surface area contributed by atoms with E-state index >= 15 is 0 Å². The average molecular weight is 458 g/mol. The molecule has 2 aromatic carbocycles. The van der Waals surface area contributed by atoms with Gasteiger partial charge in [-0.2, -0.15) is 17.6 Å². The molecular formula is C20H16FN5O3S2. The number of amides is 1. The van der Waals surface area contributed by atoms with Crippen molar-refractivity contribution in [3.63, 3.8) is 0 Å². The smallest absolute Gasteiger partial charge is 0.283 e. The number of thiazole rings is 1. The number of nitrogens with two attached hydrogens (primary N) is 1. The first kappa shape index (κ1) is 19.8. The van der Waals surface area contributed by atoms with Crippen LogP contribution in [0.15, 0.2) is 59.1 Å². The molecule has 158 valence electrons. The first-order valence-corrected chi connectivity index (χ1v) is 11.6. The maximum absolute atomic E-state index is 13.4. The fourth-order valence-electron chi connectivity index (χ4n) is 3.55. The molecule has 1 unspecified atom stereocenters. The molecule has 2 N–H and O–H groups in total. The number of halogens is 1. The van der Waals surface area contributed by atoms with Gasteiger partial charge in [0.05, 0.1) is 32.9 Å². The highest BCUT2D eigenvalue weighted by atomic mass is 32.2. The third-order valence-electron chi connectivity index (χ3n) is 5.19. The van der Waals surface area contributed by atoms with Crippen molar-refractivity contribution < 1.29 is 17.6 Å². The van der Waals surface area contributed by atoms with Crippen LogP contribution in [-0.4, -0.2) is 33.4 Å². The lowest BCUT2D eigenvalue weighted by Gasteiger charge is -2.20. The highest BCUT2D eigenvalue weighted by Crippen LogP contribution is 2.28. The van der Waals surface area contributed by atoms with Crippen LogP contribution < -0.4 is 5.73 Å². The summed E-state index contributed by atoms with van der Waals surface area (Å²) in [4.78, 5) is 18.5. The molecule has 1 aliphatic rings. The summed E-state index contributed by atoms with van der Waals surface area (Å²) in [6, 6.07) is 9.31. The van der Waals surface area contributed by atoms with E-state index in [9.17, 15) is 17.6 Å². The van der Waals surface area contributed by atoms with Crippen LogP contribution in [-0.2, 0) is 27.9 Å². The van der Waals surface area contributed by atoms with Crippen molar-refractivity contribution in [3.8, 4) is 0 Å². The Bertz CT molecular complexity index is 1410. The number of carbonyl (C=O) groups excluding carboxylic acids is 1. The van der Waals surface area contributed by atoms with E-state index in [1.54, 1.807) is 23.7 Å². The van der Waals surface area contributed by atoms with Crippen LogP contribution in [0.4, 0.5) is 4.39 Å². The number of hydrogen-bond acceptors (Lipinski definition) is 7. The second kappa shape index (κ2) is 7.22. The van der Waals surface area contributed by atoms with E-state index in [-0.39, 0.29) is 23.9 Å². The Hall–Kier alpha value is -3.15. The van der Waals surface area contributed by atoms with Gasteiger partial charge >= 0.3 is 0 Å². The maximum Gasteiger partial charge on any atom is 0.283 e. The van der Waals surface area contributed by atoms with Crippen molar-refractivity contribution in [1.82, 2.24) is 19.1 Å². The van der Waals surface area contributed by atoms with Crippen LogP contribution in [0.3, 0.4) is 0 Å². The summed E-state index contributed by atoms with van der Waals surface area (Å²) in [5, 5.41) is 4.21. The van der Waals surface area contributed by atoms with Crippen LogP contribution in [0.1, 0.15) is 22.9 Å². The van der Waals surface area contributed by atoms with Gasteiger partial charge in [-0.1, -0.05) is 12.1 Å². The quantitative estimate of drug-likeness (QED) is 0.504. The van der Waals surface area contributed by atoms with E-state index in [1.807, 2.05) is 0 Å². The molecule has 0 saturated heterocycles. The molecule has 3 heterocycles. The molecule has 4 aromatic rings. The molecule has 31 heavy (non-hydrogen) atoms. The third-order valence-corrected chi connectivity index (χ3v) is 7.51. The molecule has 1 aliphatic heterocycles. The van der Waals surface area contributed by atoms with Crippen LogP contribution in [0, 0.1) is 5.82 Å². The predicted molar refractivity (Wildman–Crippen MR) is 112 cm³/mol. The topological polar surface area (TPSA) is 111 Å². The monoisotopic (exact) mass is 457 g/mol. The van der Waals surface area contributed by atoms with Crippen molar-refractivity contribution in [2.75, 3.05) is 0 Å². The van der Waals surface area contributed by atoms with Crippen LogP contribution in [0.5, 0.6) is 0 Å². The van der Waals surface area contributed by atoms with Crippen molar-refractivity contribution in [2.45, 2.75) is 24.0 Å². The Morgan fingerprint density at radius 3 is 2.81 bits per heavy atom. The fraction of sp³-hybridized carbons (Fsp3) is 0.150. The number of nitrogens with zero attached hydrogens (tertiary/aromatic N) is 4. The zero-order valence-electron chi connectivity index (χ0n) is 16.0. The van der Waals surface area contributed by atoms with E-state index in [0.29, 0.717) is 16.8 Å². The Balaban J connectivity index is 1.37. The van der Waals surface area contributed by atoms with E-state index in [2.05, 4.69) is 10.1 Å². The molecule has 2 aromatic heterocycles. The van der Waals surface area contributed by atoms with Gasteiger partial charge in [0.1, 0.15) is 11.9 Å². The lowest BCUT2D eigenvalue weighted by Crippen LogP contribution is -2.35. The zero-order chi connectivity index (χ0) is 21.8. The minimum Gasteiger partial charge on any atom is -0.331 e. The van der Waals surface area contributed by atoms with E-state index in [4.69, 9.17) is 5.73 Å². The van der Waals surface area contributed by atoms with Gasteiger partial charge in [0.2, 0.25) is 5.91 Å². The summed E-state index contributed by atoms with van der Waals surface area (Å²) in [5.41, 5.74) is 9.90. The highest BCUT2D eigenvalue weighted by Gasteiger charge is 2.32. The van der Waals surface area contributed by atoms with E-state index in [1.165, 1.54) is 46.7 Å². The molecule has 1 atom stereocenters. The SMILES string of the molecule is NC(C(=O)N1Cc2cn(S(=O)(=O)c3ccc4ncsc4c3)nc2C1)c1cccc(F)c1. The Kier molecular flexibility index (Phi) is 4.61. The number of rotatable bonds is 4. The van der Waals surface area contributed by atoms with Gasteiger partial charge in [0.25, 0.3) is 10.0 Å². The first-order valence-electron chi connectivity index (χ1n) is 9.29. The number of aromatic nitrogens is 3. The average Bonchev–Trinajstić information content (AvgIpc) is 3.46. The van der Waals surface area contributed by atoms with Crippen molar-refractivity contribution in [1.29, 1.82) is 0 Å². The predicted octanol–water partition coefficient (Wildman–Crippen LogP) is 2.41. The number of hydrogen-bond donors (Lipinski definition) is 1. The van der Waals surface area contributed by atoms with Crippen molar-refractivity contribution in [2.24, 2.45) is 5.73 Å². The minimum absolute atomic E-state index is 0.117. The normalized spacial score (nSPS) is 14.7. The zero-order valence-corrected chi connectivity index (χ0v) is 17.6. The minimum atomic E-state index is -3.87. The van der Waals surface area contributed by atoms with Gasteiger partial charge in [-0.25, -0.2) is 9.37 Å².